The number of carbonyl (C=O) groups is 4. The molecule has 15 nitrogen and oxygen atoms in total. The maximum Gasteiger partial charge on any atom is 0.408 e. The standard InChI is InChI=1S/C48H61ClF3N7O8S/c1-7-29-22-47(29,43(62)63)57-41(60)35-19-31(23-59(35)42(61)40(46(4,5)6)56-45(64)67-30-17-27-16-28(27)18-30)66-37-20-33(34-24-68-44(55-34)53-25(2)3)54-39-32(37)8-9-36(38(39)49)65-15-14-58-12-10-26(11-13-58)21-48(50,51)52/h7-9,20,24-31,35,40H,1,10-19,21-23H2,2-6H3,(H,53,55)(H,56,64)(H,57,60)(H,62,63)/t27-,28+,29-,30+,31-,35+,40-,47-/m1/s1. The summed E-state index contributed by atoms with van der Waals surface area (Å²) >= 11 is 8.49. The van der Waals surface area contributed by atoms with Gasteiger partial charge in [-0.05, 0) is 101 Å². The summed E-state index contributed by atoms with van der Waals surface area (Å²) in [7, 11) is 0. The van der Waals surface area contributed by atoms with Gasteiger partial charge in [-0.25, -0.2) is 19.6 Å². The Morgan fingerprint density at radius 1 is 1.03 bits per heavy atom. The normalized spacial score (nSPS) is 26.5. The number of carboxylic acid groups (broad SMARTS) is 1. The van der Waals surface area contributed by atoms with Crippen molar-refractivity contribution in [2.75, 3.05) is 38.1 Å². The van der Waals surface area contributed by atoms with Gasteiger partial charge in [0.25, 0.3) is 0 Å². The van der Waals surface area contributed by atoms with Gasteiger partial charge in [0.05, 0.1) is 17.8 Å². The van der Waals surface area contributed by atoms with E-state index in [0.717, 1.165) is 19.3 Å². The molecule has 5 fully saturated rings. The maximum absolute atomic E-state index is 14.8. The molecule has 0 radical (unpaired) electrons. The number of alkyl halides is 3. The van der Waals surface area contributed by atoms with E-state index in [9.17, 15) is 37.5 Å². The highest BCUT2D eigenvalue weighted by atomic mass is 35.5. The lowest BCUT2D eigenvalue weighted by molar-refractivity contribution is -0.147. The van der Waals surface area contributed by atoms with E-state index in [1.807, 2.05) is 19.2 Å². The van der Waals surface area contributed by atoms with Crippen molar-refractivity contribution in [3.63, 3.8) is 0 Å². The van der Waals surface area contributed by atoms with Crippen molar-refractivity contribution in [2.45, 2.75) is 128 Å². The number of alkyl carbamates (subject to hydrolysis) is 1. The van der Waals surface area contributed by atoms with E-state index in [1.54, 1.807) is 39.0 Å². The van der Waals surface area contributed by atoms with Gasteiger partial charge in [-0.2, -0.15) is 13.2 Å². The lowest BCUT2D eigenvalue weighted by Crippen LogP contribution is -2.59. The molecule has 8 atom stereocenters. The van der Waals surface area contributed by atoms with Gasteiger partial charge in [0.2, 0.25) is 11.8 Å². The number of carbonyl (C=O) groups excluding carboxylic acids is 3. The van der Waals surface area contributed by atoms with Crippen LogP contribution in [0, 0.1) is 29.1 Å². The number of benzene rings is 1. The SMILES string of the molecule is C=C[C@@H]1C[C@]1(NC(=O)[C@@H]1C[C@@H](Oc2cc(-c3csc(NC(C)C)n3)nc3c(Cl)c(OCCN4CCC(CC(F)(F)F)CC4)ccc23)CN1C(=O)[C@@H](NC(=O)O[C@@H]1C[C@@H]2C[C@@H]2C1)C(C)(C)C)C(=O)O. The first-order valence-electron chi connectivity index (χ1n) is 23.5. The summed E-state index contributed by atoms with van der Waals surface area (Å²) in [4.78, 5) is 68.2. The van der Waals surface area contributed by atoms with Crippen LogP contribution in [0.25, 0.3) is 22.3 Å². The second-order valence-electron chi connectivity index (χ2n) is 20.6. The fourth-order valence-electron chi connectivity index (χ4n) is 10.0. The Balaban J connectivity index is 1.06. The summed E-state index contributed by atoms with van der Waals surface area (Å²) < 4.78 is 57.7. The first-order chi connectivity index (χ1) is 32.1. The van der Waals surface area contributed by atoms with Crippen molar-refractivity contribution in [1.29, 1.82) is 0 Å². The molecule has 0 spiro atoms. The number of thiazole rings is 1. The number of pyridine rings is 1. The van der Waals surface area contributed by atoms with Crippen LogP contribution in [-0.4, -0.2) is 124 Å². The molecule has 8 rings (SSSR count). The molecule has 20 heteroatoms. The van der Waals surface area contributed by atoms with Crippen LogP contribution in [-0.2, 0) is 19.1 Å². The number of piperidine rings is 1. The molecule has 4 heterocycles. The maximum atomic E-state index is 14.8. The Morgan fingerprint density at radius 3 is 2.38 bits per heavy atom. The first-order valence-corrected chi connectivity index (χ1v) is 24.8. The smallest absolute Gasteiger partial charge is 0.408 e. The molecule has 3 aliphatic carbocycles. The van der Waals surface area contributed by atoms with Crippen molar-refractivity contribution < 1.29 is 51.7 Å². The van der Waals surface area contributed by atoms with Gasteiger partial charge in [0.15, 0.2) is 5.13 Å². The topological polar surface area (TPSA) is 185 Å². The average Bonchev–Trinajstić information content (AvgIpc) is 3.93. The molecular weight excluding hydrogens is 927 g/mol. The van der Waals surface area contributed by atoms with Crippen molar-refractivity contribution in [2.24, 2.45) is 29.1 Å². The number of carboxylic acids is 1. The number of ether oxygens (including phenoxy) is 3. The van der Waals surface area contributed by atoms with Crippen LogP contribution >= 0.6 is 22.9 Å². The van der Waals surface area contributed by atoms with E-state index in [2.05, 4.69) is 27.4 Å². The van der Waals surface area contributed by atoms with E-state index in [0.29, 0.717) is 83.2 Å². The third-order valence-electron chi connectivity index (χ3n) is 13.9. The zero-order valence-corrected chi connectivity index (χ0v) is 40.6. The van der Waals surface area contributed by atoms with Crippen LogP contribution in [0.3, 0.4) is 0 Å². The van der Waals surface area contributed by atoms with Crippen LogP contribution in [0.5, 0.6) is 11.5 Å². The fourth-order valence-corrected chi connectivity index (χ4v) is 11.1. The van der Waals surface area contributed by atoms with Crippen molar-refractivity contribution >= 4 is 62.8 Å². The number of hydrogen-bond acceptors (Lipinski definition) is 12. The molecule has 2 aromatic heterocycles. The number of likely N-dealkylation sites (tertiary alicyclic amines) is 2. The monoisotopic (exact) mass is 987 g/mol. The molecule has 1 aromatic carbocycles. The predicted octanol–water partition coefficient (Wildman–Crippen LogP) is 8.31. The molecule has 68 heavy (non-hydrogen) atoms. The van der Waals surface area contributed by atoms with Gasteiger partial charge in [0, 0.05) is 48.2 Å². The fraction of sp³-hybridized carbons (Fsp3) is 0.625. The van der Waals surface area contributed by atoms with Crippen molar-refractivity contribution in [3.05, 3.63) is 41.3 Å². The molecular formula is C48H61ClF3N7O8S. The zero-order valence-electron chi connectivity index (χ0n) is 39.0. The summed E-state index contributed by atoms with van der Waals surface area (Å²) in [6, 6.07) is 2.96. The second kappa shape index (κ2) is 19.5. The van der Waals surface area contributed by atoms with E-state index in [4.69, 9.17) is 35.8 Å². The van der Waals surface area contributed by atoms with Gasteiger partial charge >= 0.3 is 18.2 Å². The van der Waals surface area contributed by atoms with Crippen LogP contribution in [0.4, 0.5) is 23.1 Å². The average molecular weight is 989 g/mol. The minimum atomic E-state index is -4.18. The zero-order chi connectivity index (χ0) is 48.9. The Bertz CT molecular complexity index is 2400. The lowest BCUT2D eigenvalue weighted by Gasteiger charge is -2.35. The molecule has 5 aliphatic rings. The molecule has 370 valence electrons. The van der Waals surface area contributed by atoms with Crippen LogP contribution in [0.15, 0.2) is 36.2 Å². The van der Waals surface area contributed by atoms with Crippen molar-refractivity contribution in [3.8, 4) is 22.9 Å². The minimum absolute atomic E-state index is 0.0289. The largest absolute Gasteiger partial charge is 0.491 e. The number of anilines is 1. The van der Waals surface area contributed by atoms with Crippen LogP contribution in [0.2, 0.25) is 5.02 Å². The minimum Gasteiger partial charge on any atom is -0.491 e. The van der Waals surface area contributed by atoms with E-state index < -0.39 is 71.5 Å². The third kappa shape index (κ3) is 11.3. The number of halogens is 4. The van der Waals surface area contributed by atoms with Crippen molar-refractivity contribution in [1.82, 2.24) is 30.4 Å². The molecule has 4 N–H and O–H groups in total. The number of nitrogens with one attached hydrogen (secondary N) is 3. The Labute approximate surface area is 402 Å². The van der Waals surface area contributed by atoms with Crippen LogP contribution in [0.1, 0.15) is 86.0 Å². The quantitative estimate of drug-likeness (QED) is 0.0951. The summed E-state index contributed by atoms with van der Waals surface area (Å²) in [6.07, 6.45) is -1.47. The number of nitrogens with zero attached hydrogens (tertiary/aromatic N) is 4. The lowest BCUT2D eigenvalue weighted by atomic mass is 9.85. The molecule has 3 aromatic rings. The summed E-state index contributed by atoms with van der Waals surface area (Å²) in [6.45, 7) is 14.8. The molecule has 2 saturated heterocycles. The molecule has 0 bridgehead atoms. The molecule has 3 saturated carbocycles. The highest BCUT2D eigenvalue weighted by molar-refractivity contribution is 7.14. The Hall–Kier alpha value is -4.88. The van der Waals surface area contributed by atoms with E-state index in [1.165, 1.54) is 22.3 Å². The highest BCUT2D eigenvalue weighted by Crippen LogP contribution is 2.52. The van der Waals surface area contributed by atoms with Gasteiger partial charge in [-0.3, -0.25) is 14.5 Å². The predicted molar refractivity (Wildman–Crippen MR) is 251 cm³/mol. The number of aromatic nitrogens is 2. The van der Waals surface area contributed by atoms with Gasteiger partial charge in [-0.15, -0.1) is 17.9 Å². The number of rotatable bonds is 17. The Kier molecular flexibility index (Phi) is 14.2. The highest BCUT2D eigenvalue weighted by Gasteiger charge is 2.61. The third-order valence-corrected chi connectivity index (χ3v) is 15.1. The number of hydrogen-bond donors (Lipinski definition) is 4. The van der Waals surface area contributed by atoms with Gasteiger partial charge in [-0.1, -0.05) is 38.4 Å². The summed E-state index contributed by atoms with van der Waals surface area (Å²) in [5.74, 6) is -1.54. The molecule has 3 amide bonds. The first kappa shape index (κ1) is 49.5. The second-order valence-corrected chi connectivity index (χ2v) is 21.8. The number of amides is 3. The van der Waals surface area contributed by atoms with E-state index in [-0.39, 0.29) is 49.1 Å². The van der Waals surface area contributed by atoms with Crippen LogP contribution < -0.4 is 25.4 Å². The van der Waals surface area contributed by atoms with Gasteiger partial charge < -0.3 is 40.2 Å². The Morgan fingerprint density at radius 2 is 1.75 bits per heavy atom. The number of fused-ring (bicyclic) bond motifs is 2. The molecule has 0 unspecified atom stereocenters. The van der Waals surface area contributed by atoms with E-state index >= 15 is 0 Å². The summed E-state index contributed by atoms with van der Waals surface area (Å²) in [5.41, 5.74) is -1.13. The number of aliphatic carboxylic acids is 1. The summed E-state index contributed by atoms with van der Waals surface area (Å²) in [5, 5.41) is 22.2. The molecule has 2 aliphatic heterocycles. The van der Waals surface area contributed by atoms with Gasteiger partial charge in [0.1, 0.15) is 58.7 Å².